The van der Waals surface area contributed by atoms with Gasteiger partial charge in [0.15, 0.2) is 13.2 Å². The molecule has 2 rings (SSSR count). The largest absolute Gasteiger partial charge is 0.484 e. The van der Waals surface area contributed by atoms with Gasteiger partial charge < -0.3 is 20.5 Å². The van der Waals surface area contributed by atoms with Gasteiger partial charge in [0, 0.05) is 0 Å². The molecule has 0 unspecified atom stereocenters. The van der Waals surface area contributed by atoms with Crippen molar-refractivity contribution in [3.8, 4) is 11.8 Å². The third-order valence-corrected chi connectivity index (χ3v) is 3.67. The van der Waals surface area contributed by atoms with Gasteiger partial charge in [0.1, 0.15) is 16.8 Å². The van der Waals surface area contributed by atoms with Crippen LogP contribution in [0.4, 0.5) is 5.00 Å². The fourth-order valence-electron chi connectivity index (χ4n) is 1.71. The first kappa shape index (κ1) is 18.0. The van der Waals surface area contributed by atoms with Gasteiger partial charge in [0.2, 0.25) is 0 Å². The zero-order chi connectivity index (χ0) is 18.2. The topological polar surface area (TPSA) is 132 Å². The van der Waals surface area contributed by atoms with Crippen molar-refractivity contribution in [1.29, 1.82) is 5.26 Å². The van der Waals surface area contributed by atoms with Gasteiger partial charge in [-0.2, -0.15) is 5.26 Å². The number of primary amides is 1. The molecule has 8 nitrogen and oxygen atoms in total. The SMILES string of the molecule is N#Cc1ccsc1NC(=O)COC(=O)c1ccc(OCC(N)=O)cc1. The fraction of sp³-hybridized carbons (Fsp3) is 0.125. The van der Waals surface area contributed by atoms with Crippen molar-refractivity contribution in [3.05, 3.63) is 46.8 Å². The highest BCUT2D eigenvalue weighted by molar-refractivity contribution is 7.14. The molecule has 1 aromatic carbocycles. The lowest BCUT2D eigenvalue weighted by Gasteiger charge is -2.07. The third-order valence-electron chi connectivity index (χ3n) is 2.84. The second-order valence-corrected chi connectivity index (χ2v) is 5.59. The second-order valence-electron chi connectivity index (χ2n) is 4.68. The number of nitrogens with two attached hydrogens (primary N) is 1. The van der Waals surface area contributed by atoms with E-state index < -0.39 is 24.4 Å². The summed E-state index contributed by atoms with van der Waals surface area (Å²) in [6.07, 6.45) is 0. The minimum absolute atomic E-state index is 0.216. The Bertz CT molecular complexity index is 823. The highest BCUT2D eigenvalue weighted by Crippen LogP contribution is 2.21. The van der Waals surface area contributed by atoms with Crippen LogP contribution in [0.5, 0.6) is 5.75 Å². The fourth-order valence-corrected chi connectivity index (χ4v) is 2.47. The Morgan fingerprint density at radius 2 is 1.88 bits per heavy atom. The molecule has 0 saturated carbocycles. The van der Waals surface area contributed by atoms with E-state index in [2.05, 4.69) is 5.32 Å². The first-order valence-corrected chi connectivity index (χ1v) is 7.83. The van der Waals surface area contributed by atoms with E-state index in [0.29, 0.717) is 16.3 Å². The van der Waals surface area contributed by atoms with Gasteiger partial charge in [-0.3, -0.25) is 9.59 Å². The van der Waals surface area contributed by atoms with Gasteiger partial charge in [-0.1, -0.05) is 0 Å². The number of thiophene rings is 1. The lowest BCUT2D eigenvalue weighted by molar-refractivity contribution is -0.120. The van der Waals surface area contributed by atoms with Crippen LogP contribution in [0.15, 0.2) is 35.7 Å². The molecular formula is C16H13N3O5S. The van der Waals surface area contributed by atoms with Gasteiger partial charge in [0.05, 0.1) is 11.1 Å². The summed E-state index contributed by atoms with van der Waals surface area (Å²) in [5, 5.41) is 13.4. The average molecular weight is 359 g/mol. The van der Waals surface area contributed by atoms with Gasteiger partial charge in [0.25, 0.3) is 11.8 Å². The number of amides is 2. The molecule has 0 saturated heterocycles. The van der Waals surface area contributed by atoms with Gasteiger partial charge in [-0.05, 0) is 35.7 Å². The molecule has 2 aromatic rings. The summed E-state index contributed by atoms with van der Waals surface area (Å²) in [7, 11) is 0. The smallest absolute Gasteiger partial charge is 0.338 e. The van der Waals surface area contributed by atoms with Crippen molar-refractivity contribution in [1.82, 2.24) is 0 Å². The maximum Gasteiger partial charge on any atom is 0.338 e. The van der Waals surface area contributed by atoms with Crippen molar-refractivity contribution >= 4 is 34.1 Å². The number of carbonyl (C=O) groups is 3. The molecule has 9 heteroatoms. The number of anilines is 1. The van der Waals surface area contributed by atoms with Crippen molar-refractivity contribution in [2.24, 2.45) is 5.73 Å². The summed E-state index contributed by atoms with van der Waals surface area (Å²) in [4.78, 5) is 34.3. The number of esters is 1. The molecule has 1 aromatic heterocycles. The number of benzene rings is 1. The van der Waals surface area contributed by atoms with Crippen LogP contribution in [-0.2, 0) is 14.3 Å². The molecule has 128 valence electrons. The van der Waals surface area contributed by atoms with Gasteiger partial charge >= 0.3 is 5.97 Å². The molecule has 2 amide bonds. The molecule has 0 fully saturated rings. The molecule has 0 radical (unpaired) electrons. The predicted molar refractivity (Wildman–Crippen MR) is 89.1 cm³/mol. The summed E-state index contributed by atoms with van der Waals surface area (Å²) in [6.45, 7) is -0.751. The summed E-state index contributed by atoms with van der Waals surface area (Å²) in [6, 6.07) is 9.34. The standard InChI is InChI=1S/C16H13N3O5S/c17-7-11-5-6-25-15(11)19-14(21)9-24-16(22)10-1-3-12(4-2-10)23-8-13(18)20/h1-6H,8-9H2,(H2,18,20)(H,19,21). The molecule has 0 aliphatic rings. The Kier molecular flexibility index (Phi) is 6.08. The zero-order valence-electron chi connectivity index (χ0n) is 12.9. The molecule has 0 spiro atoms. The van der Waals surface area contributed by atoms with E-state index in [9.17, 15) is 14.4 Å². The second kappa shape index (κ2) is 8.47. The van der Waals surface area contributed by atoms with E-state index in [1.807, 2.05) is 6.07 Å². The summed E-state index contributed by atoms with van der Waals surface area (Å²) >= 11 is 1.20. The lowest BCUT2D eigenvalue weighted by atomic mass is 10.2. The molecule has 3 N–H and O–H groups in total. The molecule has 25 heavy (non-hydrogen) atoms. The Labute approximate surface area is 146 Å². The van der Waals surface area contributed by atoms with Crippen molar-refractivity contribution in [3.63, 3.8) is 0 Å². The normalized spacial score (nSPS) is 9.72. The van der Waals surface area contributed by atoms with Gasteiger partial charge in [-0.25, -0.2) is 4.79 Å². The lowest BCUT2D eigenvalue weighted by Crippen LogP contribution is -2.21. The van der Waals surface area contributed by atoms with E-state index in [1.165, 1.54) is 35.6 Å². The minimum atomic E-state index is -0.691. The van der Waals surface area contributed by atoms with Crippen LogP contribution in [0.3, 0.4) is 0 Å². The Morgan fingerprint density at radius 3 is 2.52 bits per heavy atom. The molecular weight excluding hydrogens is 346 g/mol. The molecule has 0 bridgehead atoms. The van der Waals surface area contributed by atoms with E-state index in [-0.39, 0.29) is 12.2 Å². The van der Waals surface area contributed by atoms with E-state index in [0.717, 1.165) is 0 Å². The van der Waals surface area contributed by atoms with Crippen LogP contribution in [0, 0.1) is 11.3 Å². The number of rotatable bonds is 7. The van der Waals surface area contributed by atoms with Crippen molar-refractivity contribution in [2.75, 3.05) is 18.5 Å². The molecule has 1 heterocycles. The Hall–Kier alpha value is -3.38. The van der Waals surface area contributed by atoms with Crippen LogP contribution in [-0.4, -0.2) is 31.0 Å². The predicted octanol–water partition coefficient (Wildman–Crippen LogP) is 1.28. The van der Waals surface area contributed by atoms with E-state index >= 15 is 0 Å². The highest BCUT2D eigenvalue weighted by Gasteiger charge is 2.12. The molecule has 0 aliphatic carbocycles. The van der Waals surface area contributed by atoms with Crippen molar-refractivity contribution in [2.45, 2.75) is 0 Å². The first-order valence-electron chi connectivity index (χ1n) is 6.95. The quantitative estimate of drug-likeness (QED) is 0.716. The van der Waals surface area contributed by atoms with Crippen LogP contribution in [0.25, 0.3) is 0 Å². The Balaban J connectivity index is 1.84. The number of nitriles is 1. The van der Waals surface area contributed by atoms with E-state index in [4.69, 9.17) is 20.5 Å². The maximum absolute atomic E-state index is 11.9. The summed E-state index contributed by atoms with van der Waals surface area (Å²) in [5.41, 5.74) is 5.52. The van der Waals surface area contributed by atoms with Crippen molar-refractivity contribution < 1.29 is 23.9 Å². The monoisotopic (exact) mass is 359 g/mol. The number of nitrogens with zero attached hydrogens (tertiary/aromatic N) is 1. The van der Waals surface area contributed by atoms with Crippen LogP contribution in [0.2, 0.25) is 0 Å². The molecule has 0 aliphatic heterocycles. The Morgan fingerprint density at radius 1 is 1.16 bits per heavy atom. The number of hydrogen-bond donors (Lipinski definition) is 2. The first-order chi connectivity index (χ1) is 12.0. The average Bonchev–Trinajstić information content (AvgIpc) is 3.05. The minimum Gasteiger partial charge on any atom is -0.484 e. The maximum atomic E-state index is 11.9. The van der Waals surface area contributed by atoms with Crippen LogP contribution < -0.4 is 15.8 Å². The molecule has 0 atom stereocenters. The summed E-state index contributed by atoms with van der Waals surface area (Å²) in [5.74, 6) is -1.48. The number of ether oxygens (including phenoxy) is 2. The number of nitrogens with one attached hydrogen (secondary N) is 1. The van der Waals surface area contributed by atoms with Crippen LogP contribution >= 0.6 is 11.3 Å². The van der Waals surface area contributed by atoms with Crippen LogP contribution in [0.1, 0.15) is 15.9 Å². The highest BCUT2D eigenvalue weighted by atomic mass is 32.1. The van der Waals surface area contributed by atoms with E-state index in [1.54, 1.807) is 11.4 Å². The zero-order valence-corrected chi connectivity index (χ0v) is 13.7. The summed E-state index contributed by atoms with van der Waals surface area (Å²) < 4.78 is 9.97. The van der Waals surface area contributed by atoms with Gasteiger partial charge in [-0.15, -0.1) is 11.3 Å². The number of hydrogen-bond acceptors (Lipinski definition) is 7. The number of carbonyl (C=O) groups excluding carboxylic acids is 3. The third kappa shape index (κ3) is 5.33.